The first kappa shape index (κ1) is 23.7. The maximum absolute atomic E-state index is 13.8. The third kappa shape index (κ3) is 5.04. The lowest BCUT2D eigenvalue weighted by Gasteiger charge is -2.23. The van der Waals surface area contributed by atoms with Crippen molar-refractivity contribution in [3.8, 4) is 22.5 Å². The summed E-state index contributed by atoms with van der Waals surface area (Å²) in [6.45, 7) is 4.12. The van der Waals surface area contributed by atoms with E-state index in [1.54, 1.807) is 18.2 Å². The van der Waals surface area contributed by atoms with Gasteiger partial charge in [-0.05, 0) is 42.5 Å². The van der Waals surface area contributed by atoms with Gasteiger partial charge in [0, 0.05) is 49.4 Å². The standard InChI is InChI=1S/C27H30FN3O3/c1-17(2)27-29-25(19-6-5-7-21(14-19)30(3)4)26(18-8-10-20(28)11-9-18)31(27)13-12-23-15-22(32)16-24(33)34-23/h5-14,17,22-23,32H,15-16H2,1-4H3/b13-12+/t22-,23-/m1/s1. The minimum atomic E-state index is -0.718. The van der Waals surface area contributed by atoms with Crippen LogP contribution in [0.1, 0.15) is 38.4 Å². The molecule has 1 saturated heterocycles. The van der Waals surface area contributed by atoms with Crippen LogP contribution in [0.3, 0.4) is 0 Å². The lowest BCUT2D eigenvalue weighted by atomic mass is 10.0. The van der Waals surface area contributed by atoms with E-state index in [0.717, 1.165) is 34.0 Å². The van der Waals surface area contributed by atoms with Crippen LogP contribution in [-0.2, 0) is 9.53 Å². The van der Waals surface area contributed by atoms with E-state index < -0.39 is 18.2 Å². The molecule has 1 fully saturated rings. The zero-order valence-electron chi connectivity index (χ0n) is 19.9. The molecule has 1 N–H and O–H groups in total. The normalized spacial score (nSPS) is 18.5. The minimum absolute atomic E-state index is 0.0137. The number of cyclic esters (lactones) is 1. The van der Waals surface area contributed by atoms with Gasteiger partial charge in [0.2, 0.25) is 0 Å². The molecule has 0 bridgehead atoms. The van der Waals surface area contributed by atoms with Crippen LogP contribution < -0.4 is 4.90 Å². The molecule has 0 saturated carbocycles. The number of ether oxygens (including phenoxy) is 1. The first-order valence-corrected chi connectivity index (χ1v) is 11.4. The number of imidazole rings is 1. The zero-order valence-corrected chi connectivity index (χ0v) is 19.9. The number of nitrogens with zero attached hydrogens (tertiary/aromatic N) is 3. The molecule has 34 heavy (non-hydrogen) atoms. The average molecular weight is 464 g/mol. The van der Waals surface area contributed by atoms with Crippen LogP contribution in [0.25, 0.3) is 28.7 Å². The molecule has 0 radical (unpaired) electrons. The highest BCUT2D eigenvalue weighted by molar-refractivity contribution is 5.82. The molecule has 3 aromatic rings. The smallest absolute Gasteiger partial charge is 0.309 e. The zero-order chi connectivity index (χ0) is 24.4. The molecule has 2 atom stereocenters. The van der Waals surface area contributed by atoms with E-state index in [9.17, 15) is 14.3 Å². The van der Waals surface area contributed by atoms with Gasteiger partial charge in [-0.1, -0.05) is 26.0 Å². The van der Waals surface area contributed by atoms with Crippen LogP contribution in [0, 0.1) is 5.82 Å². The third-order valence-corrected chi connectivity index (χ3v) is 5.85. The van der Waals surface area contributed by atoms with E-state index in [2.05, 4.69) is 19.9 Å². The molecule has 7 heteroatoms. The Morgan fingerprint density at radius 1 is 1.18 bits per heavy atom. The average Bonchev–Trinajstić information content (AvgIpc) is 3.17. The summed E-state index contributed by atoms with van der Waals surface area (Å²) in [5.41, 5.74) is 4.40. The molecule has 0 amide bonds. The summed E-state index contributed by atoms with van der Waals surface area (Å²) in [6, 6.07) is 14.5. The van der Waals surface area contributed by atoms with Gasteiger partial charge in [-0.15, -0.1) is 0 Å². The van der Waals surface area contributed by atoms with Crippen LogP contribution in [0.15, 0.2) is 54.6 Å². The first-order valence-electron chi connectivity index (χ1n) is 11.4. The molecule has 0 unspecified atom stereocenters. The number of carbonyl (C=O) groups is 1. The van der Waals surface area contributed by atoms with Gasteiger partial charge in [-0.3, -0.25) is 4.79 Å². The molecule has 0 aliphatic carbocycles. The second-order valence-corrected chi connectivity index (χ2v) is 9.11. The van der Waals surface area contributed by atoms with Crippen LogP contribution in [-0.4, -0.2) is 46.9 Å². The minimum Gasteiger partial charge on any atom is -0.458 e. The van der Waals surface area contributed by atoms with E-state index in [4.69, 9.17) is 9.72 Å². The quantitative estimate of drug-likeness (QED) is 0.516. The fourth-order valence-corrected chi connectivity index (χ4v) is 4.13. The summed E-state index contributed by atoms with van der Waals surface area (Å²) in [4.78, 5) is 18.8. The van der Waals surface area contributed by atoms with E-state index >= 15 is 0 Å². The van der Waals surface area contributed by atoms with Crippen LogP contribution in [0.5, 0.6) is 0 Å². The summed E-state index contributed by atoms with van der Waals surface area (Å²) in [6.07, 6.45) is 2.73. The van der Waals surface area contributed by atoms with Gasteiger partial charge in [0.25, 0.3) is 0 Å². The summed E-state index contributed by atoms with van der Waals surface area (Å²) in [7, 11) is 3.97. The SMILES string of the molecule is CC(C)c1nc(-c2cccc(N(C)C)c2)c(-c2ccc(F)cc2)n1/C=C/[C@@H]1C[C@@H](O)CC(=O)O1. The van der Waals surface area contributed by atoms with Crippen molar-refractivity contribution in [1.29, 1.82) is 0 Å². The number of benzene rings is 2. The Bertz CT molecular complexity index is 1200. The van der Waals surface area contributed by atoms with Gasteiger partial charge in [0.05, 0.1) is 23.9 Å². The Balaban J connectivity index is 1.88. The number of aromatic nitrogens is 2. The first-order chi connectivity index (χ1) is 16.2. The molecular weight excluding hydrogens is 433 g/mol. The summed E-state index contributed by atoms with van der Waals surface area (Å²) < 4.78 is 21.1. The number of hydrogen-bond donors (Lipinski definition) is 1. The van der Waals surface area contributed by atoms with E-state index in [0.29, 0.717) is 6.42 Å². The summed E-state index contributed by atoms with van der Waals surface area (Å²) in [5, 5.41) is 9.98. The molecule has 4 rings (SSSR count). The summed E-state index contributed by atoms with van der Waals surface area (Å²) in [5.74, 6) is 0.189. The van der Waals surface area contributed by atoms with Crippen LogP contribution in [0.2, 0.25) is 0 Å². The molecule has 2 aromatic carbocycles. The summed E-state index contributed by atoms with van der Waals surface area (Å²) >= 11 is 0. The van der Waals surface area contributed by atoms with Crippen molar-refractivity contribution >= 4 is 17.9 Å². The Hall–Kier alpha value is -3.45. The number of carbonyl (C=O) groups excluding carboxylic acids is 1. The Morgan fingerprint density at radius 2 is 1.91 bits per heavy atom. The van der Waals surface area contributed by atoms with Crippen molar-refractivity contribution < 1.29 is 19.0 Å². The van der Waals surface area contributed by atoms with Crippen LogP contribution >= 0.6 is 0 Å². The largest absolute Gasteiger partial charge is 0.458 e. The number of aliphatic hydroxyl groups excluding tert-OH is 1. The van der Waals surface area contributed by atoms with Gasteiger partial charge in [0.15, 0.2) is 0 Å². The second-order valence-electron chi connectivity index (χ2n) is 9.11. The fraction of sp³-hybridized carbons (Fsp3) is 0.333. The van der Waals surface area contributed by atoms with Gasteiger partial charge >= 0.3 is 5.97 Å². The molecule has 6 nitrogen and oxygen atoms in total. The monoisotopic (exact) mass is 463 g/mol. The number of aliphatic hydroxyl groups is 1. The van der Waals surface area contributed by atoms with E-state index in [1.165, 1.54) is 12.1 Å². The van der Waals surface area contributed by atoms with Crippen molar-refractivity contribution in [3.63, 3.8) is 0 Å². The highest BCUT2D eigenvalue weighted by Gasteiger charge is 2.26. The second kappa shape index (κ2) is 9.81. The lowest BCUT2D eigenvalue weighted by Crippen LogP contribution is -2.31. The topological polar surface area (TPSA) is 67.6 Å². The van der Waals surface area contributed by atoms with Gasteiger partial charge < -0.3 is 19.3 Å². The van der Waals surface area contributed by atoms with Crippen molar-refractivity contribution in [2.24, 2.45) is 0 Å². The van der Waals surface area contributed by atoms with Crippen molar-refractivity contribution in [3.05, 3.63) is 66.2 Å². The molecule has 1 aliphatic heterocycles. The van der Waals surface area contributed by atoms with Crippen molar-refractivity contribution in [2.75, 3.05) is 19.0 Å². The maximum Gasteiger partial charge on any atom is 0.309 e. The molecular formula is C27H30FN3O3. The van der Waals surface area contributed by atoms with E-state index in [-0.39, 0.29) is 18.2 Å². The number of hydrogen-bond acceptors (Lipinski definition) is 5. The van der Waals surface area contributed by atoms with Gasteiger partial charge in [-0.25, -0.2) is 9.37 Å². The molecule has 1 aromatic heterocycles. The molecule has 2 heterocycles. The fourth-order valence-electron chi connectivity index (χ4n) is 4.13. The number of anilines is 1. The molecule has 178 valence electrons. The predicted octanol–water partition coefficient (Wildman–Crippen LogP) is 5.08. The number of rotatable bonds is 6. The van der Waals surface area contributed by atoms with Crippen molar-refractivity contribution in [2.45, 2.75) is 44.8 Å². The lowest BCUT2D eigenvalue weighted by molar-refractivity contribution is -0.156. The Morgan fingerprint density at radius 3 is 2.56 bits per heavy atom. The Labute approximate surface area is 199 Å². The predicted molar refractivity (Wildman–Crippen MR) is 132 cm³/mol. The van der Waals surface area contributed by atoms with Gasteiger partial charge in [0.1, 0.15) is 17.7 Å². The molecule has 0 spiro atoms. The van der Waals surface area contributed by atoms with Crippen molar-refractivity contribution in [1.82, 2.24) is 9.55 Å². The number of halogens is 1. The Kier molecular flexibility index (Phi) is 6.84. The third-order valence-electron chi connectivity index (χ3n) is 5.85. The highest BCUT2D eigenvalue weighted by Crippen LogP contribution is 2.36. The highest BCUT2D eigenvalue weighted by atomic mass is 19.1. The van der Waals surface area contributed by atoms with Gasteiger partial charge in [-0.2, -0.15) is 0 Å². The van der Waals surface area contributed by atoms with Crippen LogP contribution in [0.4, 0.5) is 10.1 Å². The maximum atomic E-state index is 13.8. The molecule has 1 aliphatic rings. The number of esters is 1. The van der Waals surface area contributed by atoms with E-state index in [1.807, 2.05) is 48.0 Å².